The number of fused-ring (bicyclic) bond motifs is 1. The average molecular weight is 921 g/mol. The molecule has 2 atom stereocenters. The van der Waals surface area contributed by atoms with Crippen molar-refractivity contribution in [3.8, 4) is 5.75 Å². The molecule has 17 heteroatoms. The van der Waals surface area contributed by atoms with E-state index in [-0.39, 0.29) is 41.9 Å². The molecule has 0 aliphatic carbocycles. The molecular weight excluding hydrogens is 870 g/mol. The minimum atomic E-state index is -1.06. The van der Waals surface area contributed by atoms with Crippen LogP contribution < -0.4 is 19.9 Å². The van der Waals surface area contributed by atoms with Gasteiger partial charge in [-0.25, -0.2) is 18.8 Å². The zero-order valence-corrected chi connectivity index (χ0v) is 38.2. The number of carbonyl (C=O) groups excluding carboxylic acids is 6. The van der Waals surface area contributed by atoms with Gasteiger partial charge in [-0.15, -0.1) is 11.8 Å². The molecule has 0 unspecified atom stereocenters. The molecule has 0 spiro atoms. The fourth-order valence-electron chi connectivity index (χ4n) is 7.46. The second kappa shape index (κ2) is 19.6. The van der Waals surface area contributed by atoms with Crippen molar-refractivity contribution >= 4 is 53.4 Å². The maximum Gasteiger partial charge on any atom is 0.514 e. The molecular formula is C49H51FN5O10S+. The maximum atomic E-state index is 14.7. The molecule has 66 heavy (non-hydrogen) atoms. The van der Waals surface area contributed by atoms with E-state index in [9.17, 15) is 33.2 Å². The van der Waals surface area contributed by atoms with E-state index < -0.39 is 64.6 Å². The van der Waals surface area contributed by atoms with E-state index in [2.05, 4.69) is 10.6 Å². The highest BCUT2D eigenvalue weighted by Crippen LogP contribution is 2.43. The van der Waals surface area contributed by atoms with Crippen molar-refractivity contribution in [3.63, 3.8) is 0 Å². The topological polar surface area (TPSA) is 174 Å². The molecule has 4 aromatic rings. The molecule has 1 aromatic heterocycles. The first-order chi connectivity index (χ1) is 31.3. The molecule has 4 heterocycles. The Balaban J connectivity index is 1.06. The summed E-state index contributed by atoms with van der Waals surface area (Å²) >= 11 is 1.35. The summed E-state index contributed by atoms with van der Waals surface area (Å²) in [6, 6.07) is 24.7. The molecule has 7 rings (SSSR count). The summed E-state index contributed by atoms with van der Waals surface area (Å²) < 4.78 is 38.1. The van der Waals surface area contributed by atoms with Crippen molar-refractivity contribution in [3.05, 3.63) is 149 Å². The number of benzene rings is 3. The first kappa shape index (κ1) is 47.0. The number of nitrogens with zero attached hydrogens (tertiary/aromatic N) is 3. The van der Waals surface area contributed by atoms with Gasteiger partial charge in [-0.05, 0) is 88.9 Å². The molecule has 3 aliphatic heterocycles. The summed E-state index contributed by atoms with van der Waals surface area (Å²) in [4.78, 5) is 83.1. The number of carbonyl (C=O) groups is 6. The standard InChI is InChI=1S/C49H50FN5O10S/c1-48(2,3)64-46(60)52-39-43(58)55-40(45(59)63-41(31-15-9-7-10-16-31)32-17-11-8-12-18-32)34(29-66-44(39)55)24-33-21-23-54(42(33)57)27-30-14-13-22-53(26-30)28-38(56)51-35-19-20-37(36(50)25-35)62-47(61)65-49(4,5)6/h7-20,22,24-26,39,41,44H,21,23,27-29H2,1-6H3,(H-,51,52,56,60)/p+1/b33-24+/t39-,44-/m1/s1. The number of β-lactam (4-membered cyclic amide) rings is 1. The third kappa shape index (κ3) is 11.6. The molecule has 0 bridgehead atoms. The number of halogens is 1. The largest absolute Gasteiger partial charge is 0.514 e. The van der Waals surface area contributed by atoms with Gasteiger partial charge in [0.15, 0.2) is 30.1 Å². The van der Waals surface area contributed by atoms with Gasteiger partial charge in [0.1, 0.15) is 28.3 Å². The van der Waals surface area contributed by atoms with Crippen LogP contribution in [0, 0.1) is 5.82 Å². The smallest absolute Gasteiger partial charge is 0.448 e. The lowest BCUT2D eigenvalue weighted by Gasteiger charge is -2.49. The van der Waals surface area contributed by atoms with Crippen LogP contribution >= 0.6 is 11.8 Å². The number of hydrogen-bond donors (Lipinski definition) is 2. The number of rotatable bonds is 12. The summed E-state index contributed by atoms with van der Waals surface area (Å²) in [5, 5.41) is 4.66. The van der Waals surface area contributed by atoms with Crippen LogP contribution in [0.4, 0.5) is 19.7 Å². The van der Waals surface area contributed by atoms with E-state index in [4.69, 9.17) is 18.9 Å². The average Bonchev–Trinajstić information content (AvgIpc) is 3.59. The highest BCUT2D eigenvalue weighted by atomic mass is 32.2. The minimum Gasteiger partial charge on any atom is -0.448 e. The van der Waals surface area contributed by atoms with E-state index >= 15 is 0 Å². The molecule has 3 aliphatic rings. The quantitative estimate of drug-likeness (QED) is 0.0370. The Morgan fingerprint density at radius 3 is 2.20 bits per heavy atom. The number of anilines is 1. The fourth-order valence-corrected chi connectivity index (χ4v) is 8.77. The number of aromatic nitrogens is 1. The Morgan fingerprint density at radius 1 is 0.894 bits per heavy atom. The van der Waals surface area contributed by atoms with Crippen LogP contribution in [0.5, 0.6) is 5.75 Å². The van der Waals surface area contributed by atoms with Crippen LogP contribution in [0.25, 0.3) is 0 Å². The van der Waals surface area contributed by atoms with Gasteiger partial charge in [0.05, 0.1) is 6.54 Å². The van der Waals surface area contributed by atoms with Crippen LogP contribution in [0.15, 0.2) is 126 Å². The van der Waals surface area contributed by atoms with Gasteiger partial charge in [0.2, 0.25) is 12.5 Å². The van der Waals surface area contributed by atoms with E-state index in [1.54, 1.807) is 75.5 Å². The molecule has 15 nitrogen and oxygen atoms in total. The van der Waals surface area contributed by atoms with Crippen molar-refractivity contribution in [2.45, 2.75) is 89.8 Å². The van der Waals surface area contributed by atoms with Crippen LogP contribution in [-0.4, -0.2) is 80.7 Å². The number of alkyl carbamates (subject to hydrolysis) is 1. The lowest BCUT2D eigenvalue weighted by Crippen LogP contribution is -2.70. The van der Waals surface area contributed by atoms with Crippen LogP contribution in [0.3, 0.4) is 0 Å². The van der Waals surface area contributed by atoms with Crippen LogP contribution in [0.2, 0.25) is 0 Å². The van der Waals surface area contributed by atoms with Crippen LogP contribution in [0.1, 0.15) is 70.8 Å². The third-order valence-corrected chi connectivity index (χ3v) is 11.6. The summed E-state index contributed by atoms with van der Waals surface area (Å²) in [5.74, 6) is -2.98. The van der Waals surface area contributed by atoms with Gasteiger partial charge in [0.25, 0.3) is 11.8 Å². The predicted octanol–water partition coefficient (Wildman–Crippen LogP) is 7.12. The molecule has 2 fully saturated rings. The molecule has 4 amide bonds. The molecule has 0 radical (unpaired) electrons. The predicted molar refractivity (Wildman–Crippen MR) is 241 cm³/mol. The number of ether oxygens (including phenoxy) is 4. The number of pyridine rings is 1. The Kier molecular flexibility index (Phi) is 14.0. The number of amides is 4. The highest BCUT2D eigenvalue weighted by Gasteiger charge is 2.55. The maximum absolute atomic E-state index is 14.7. The number of hydrogen-bond acceptors (Lipinski definition) is 11. The van der Waals surface area contributed by atoms with Crippen molar-refractivity contribution in [1.29, 1.82) is 0 Å². The number of allylic oxidation sites excluding steroid dienone is 1. The zero-order valence-electron chi connectivity index (χ0n) is 37.4. The fraction of sp³-hybridized carbons (Fsp3) is 0.327. The summed E-state index contributed by atoms with van der Waals surface area (Å²) in [7, 11) is 0. The Morgan fingerprint density at radius 2 is 1.56 bits per heavy atom. The Hall–Kier alpha value is -7.01. The second-order valence-corrected chi connectivity index (χ2v) is 18.9. The Labute approximate surface area is 385 Å². The second-order valence-electron chi connectivity index (χ2n) is 17.8. The number of nitrogens with one attached hydrogen (secondary N) is 2. The number of esters is 1. The lowest BCUT2D eigenvalue weighted by molar-refractivity contribution is -0.684. The number of likely N-dealkylation sites (tertiary alicyclic amines) is 1. The Bertz CT molecular complexity index is 2550. The van der Waals surface area contributed by atoms with Gasteiger partial charge in [0, 0.05) is 41.3 Å². The summed E-state index contributed by atoms with van der Waals surface area (Å²) in [6.45, 7) is 10.6. The SMILES string of the molecule is CC(C)(C)OC(=O)N[C@@H]1C(=O)N2C(C(=O)OC(c3ccccc3)c3ccccc3)=C(/C=C3\CCN(Cc4ccc[n+](CC(=O)Nc5ccc(OC(=O)OC(C)(C)C)c(F)c5)c4)C3=O)CS[C@H]12. The van der Waals surface area contributed by atoms with E-state index in [1.165, 1.54) is 28.8 Å². The molecule has 2 saturated heterocycles. The minimum absolute atomic E-state index is 0.00297. The van der Waals surface area contributed by atoms with E-state index in [0.29, 0.717) is 24.1 Å². The van der Waals surface area contributed by atoms with Gasteiger partial charge < -0.3 is 34.5 Å². The number of thioether (sulfide) groups is 1. The first-order valence-corrected chi connectivity index (χ1v) is 22.3. The van der Waals surface area contributed by atoms with Gasteiger partial charge in [-0.1, -0.05) is 60.7 Å². The van der Waals surface area contributed by atoms with Gasteiger partial charge in [-0.3, -0.25) is 19.3 Å². The van der Waals surface area contributed by atoms with Gasteiger partial charge in [-0.2, -0.15) is 4.57 Å². The van der Waals surface area contributed by atoms with Crippen molar-refractivity contribution < 1.29 is 56.7 Å². The third-order valence-electron chi connectivity index (χ3n) is 10.3. The first-order valence-electron chi connectivity index (χ1n) is 21.3. The molecule has 3 aromatic carbocycles. The molecule has 0 saturated carbocycles. The summed E-state index contributed by atoms with van der Waals surface area (Å²) in [6.07, 6.45) is 2.81. The molecule has 344 valence electrons. The van der Waals surface area contributed by atoms with Crippen molar-refractivity contribution in [2.75, 3.05) is 17.6 Å². The normalized spacial score (nSPS) is 17.8. The zero-order chi connectivity index (χ0) is 47.3. The van der Waals surface area contributed by atoms with E-state index in [1.807, 2.05) is 66.7 Å². The highest BCUT2D eigenvalue weighted by molar-refractivity contribution is 8.00. The van der Waals surface area contributed by atoms with Crippen LogP contribution in [-0.2, 0) is 46.5 Å². The summed E-state index contributed by atoms with van der Waals surface area (Å²) in [5.41, 5.74) is 1.57. The van der Waals surface area contributed by atoms with E-state index in [0.717, 1.165) is 22.8 Å². The lowest BCUT2D eigenvalue weighted by atomic mass is 10.00. The molecule has 2 N–H and O–H groups in total. The monoisotopic (exact) mass is 920 g/mol. The van der Waals surface area contributed by atoms with Gasteiger partial charge >= 0.3 is 18.2 Å². The van der Waals surface area contributed by atoms with Crippen molar-refractivity contribution in [1.82, 2.24) is 15.1 Å². The van der Waals surface area contributed by atoms with Crippen molar-refractivity contribution in [2.24, 2.45) is 0 Å².